The van der Waals surface area contributed by atoms with Gasteiger partial charge in [-0.2, -0.15) is 17.0 Å². The maximum atomic E-state index is 12.7. The highest BCUT2D eigenvalue weighted by molar-refractivity contribution is 7.86. The van der Waals surface area contributed by atoms with Crippen molar-refractivity contribution in [3.63, 3.8) is 0 Å². The van der Waals surface area contributed by atoms with Crippen LogP contribution in [0.3, 0.4) is 0 Å². The van der Waals surface area contributed by atoms with Crippen molar-refractivity contribution in [2.45, 2.75) is 13.8 Å². The van der Waals surface area contributed by atoms with Gasteiger partial charge in [-0.1, -0.05) is 25.4 Å². The topological polar surface area (TPSA) is 79.4 Å². The van der Waals surface area contributed by atoms with Crippen LogP contribution in [-0.4, -0.2) is 73.9 Å². The van der Waals surface area contributed by atoms with Gasteiger partial charge in [0.05, 0.1) is 5.02 Å². The van der Waals surface area contributed by atoms with Crippen LogP contribution < -0.4 is 9.47 Å². The Kier molecular flexibility index (Phi) is 5.61. The van der Waals surface area contributed by atoms with Crippen molar-refractivity contribution in [1.82, 2.24) is 13.5 Å². The van der Waals surface area contributed by atoms with Crippen LogP contribution in [0.2, 0.25) is 5.02 Å². The first-order valence-electron chi connectivity index (χ1n) is 8.52. The number of ether oxygens (including phenoxy) is 2. The molecule has 26 heavy (non-hydrogen) atoms. The van der Waals surface area contributed by atoms with Crippen LogP contribution in [0.5, 0.6) is 11.5 Å². The number of halogens is 1. The van der Waals surface area contributed by atoms with E-state index in [4.69, 9.17) is 21.1 Å². The Morgan fingerprint density at radius 2 is 1.81 bits per heavy atom. The molecule has 1 aromatic carbocycles. The predicted molar refractivity (Wildman–Crippen MR) is 96.9 cm³/mol. The van der Waals surface area contributed by atoms with E-state index in [0.717, 1.165) is 0 Å². The summed E-state index contributed by atoms with van der Waals surface area (Å²) in [6, 6.07) is 3.16. The van der Waals surface area contributed by atoms with Gasteiger partial charge >= 0.3 is 0 Å². The summed E-state index contributed by atoms with van der Waals surface area (Å²) in [5, 5.41) is 0.325. The van der Waals surface area contributed by atoms with E-state index in [2.05, 4.69) is 0 Å². The monoisotopic (exact) mass is 403 g/mol. The molecule has 1 aromatic rings. The van der Waals surface area contributed by atoms with Gasteiger partial charge in [0, 0.05) is 44.8 Å². The number of amides is 1. The summed E-state index contributed by atoms with van der Waals surface area (Å²) >= 11 is 6.14. The minimum absolute atomic E-state index is 0.0780. The first-order chi connectivity index (χ1) is 12.4. The lowest BCUT2D eigenvalue weighted by Crippen LogP contribution is -2.54. The molecule has 2 heterocycles. The fourth-order valence-corrected chi connectivity index (χ4v) is 4.98. The Morgan fingerprint density at radius 3 is 2.42 bits per heavy atom. The summed E-state index contributed by atoms with van der Waals surface area (Å²) in [5.74, 6) is 0.687. The molecule has 1 fully saturated rings. The van der Waals surface area contributed by atoms with E-state index in [1.165, 1.54) is 8.61 Å². The SMILES string of the molecule is CCN(CC)S(=O)(=O)N1CCN(C(=O)c2cc(Cl)c3c(c2)OCO3)CC1. The van der Waals surface area contributed by atoms with Crippen LogP contribution in [0.15, 0.2) is 12.1 Å². The molecule has 2 aliphatic rings. The highest BCUT2D eigenvalue weighted by Gasteiger charge is 2.33. The second kappa shape index (κ2) is 7.59. The average molecular weight is 404 g/mol. The van der Waals surface area contributed by atoms with Crippen molar-refractivity contribution >= 4 is 27.7 Å². The first-order valence-corrected chi connectivity index (χ1v) is 10.3. The Morgan fingerprint density at radius 1 is 1.15 bits per heavy atom. The lowest BCUT2D eigenvalue weighted by atomic mass is 10.1. The molecule has 0 spiro atoms. The first kappa shape index (κ1) is 19.2. The number of hydrogen-bond donors (Lipinski definition) is 0. The molecule has 0 aliphatic carbocycles. The minimum Gasteiger partial charge on any atom is -0.454 e. The molecule has 3 rings (SSSR count). The molecule has 0 N–H and O–H groups in total. The molecule has 0 atom stereocenters. The molecule has 0 unspecified atom stereocenters. The molecule has 0 aromatic heterocycles. The van der Waals surface area contributed by atoms with E-state index < -0.39 is 10.2 Å². The van der Waals surface area contributed by atoms with Gasteiger partial charge in [-0.25, -0.2) is 0 Å². The van der Waals surface area contributed by atoms with Crippen molar-refractivity contribution in [2.75, 3.05) is 46.1 Å². The zero-order valence-corrected chi connectivity index (χ0v) is 16.3. The van der Waals surface area contributed by atoms with Crippen LogP contribution >= 0.6 is 11.6 Å². The predicted octanol–water partition coefficient (Wildman–Crippen LogP) is 1.41. The second-order valence-corrected chi connectivity index (χ2v) is 8.31. The van der Waals surface area contributed by atoms with Crippen LogP contribution in [0.1, 0.15) is 24.2 Å². The Bertz CT molecular complexity index is 789. The van der Waals surface area contributed by atoms with E-state index in [-0.39, 0.29) is 25.8 Å². The Labute approximate surface area is 158 Å². The summed E-state index contributed by atoms with van der Waals surface area (Å²) in [5.41, 5.74) is 0.402. The zero-order chi connectivity index (χ0) is 18.9. The molecule has 0 bridgehead atoms. The number of fused-ring (bicyclic) bond motifs is 1. The van der Waals surface area contributed by atoms with Gasteiger partial charge in [0.15, 0.2) is 11.5 Å². The second-order valence-electron chi connectivity index (χ2n) is 5.98. The standard InChI is InChI=1S/C16H22ClN3O5S/c1-3-19(4-2)26(22,23)20-7-5-18(6-8-20)16(21)12-9-13(17)15-14(10-12)24-11-25-15/h9-10H,3-8,11H2,1-2H3. The quantitative estimate of drug-likeness (QED) is 0.742. The molecule has 1 amide bonds. The normalized spacial score (nSPS) is 17.8. The van der Waals surface area contributed by atoms with Gasteiger partial charge in [-0.05, 0) is 12.1 Å². The highest BCUT2D eigenvalue weighted by Crippen LogP contribution is 2.40. The number of nitrogens with zero attached hydrogens (tertiary/aromatic N) is 3. The summed E-state index contributed by atoms with van der Waals surface area (Å²) in [7, 11) is -3.48. The summed E-state index contributed by atoms with van der Waals surface area (Å²) in [4.78, 5) is 14.4. The van der Waals surface area contributed by atoms with Gasteiger partial charge in [-0.15, -0.1) is 0 Å². The van der Waals surface area contributed by atoms with Crippen LogP contribution in [0.4, 0.5) is 0 Å². The van der Waals surface area contributed by atoms with E-state index >= 15 is 0 Å². The molecule has 144 valence electrons. The van der Waals surface area contributed by atoms with E-state index in [1.807, 2.05) is 13.8 Å². The zero-order valence-electron chi connectivity index (χ0n) is 14.8. The maximum Gasteiger partial charge on any atom is 0.282 e. The van der Waals surface area contributed by atoms with E-state index in [9.17, 15) is 13.2 Å². The van der Waals surface area contributed by atoms with E-state index in [0.29, 0.717) is 48.3 Å². The molecule has 0 saturated carbocycles. The minimum atomic E-state index is -3.48. The van der Waals surface area contributed by atoms with Gasteiger partial charge in [0.1, 0.15) is 0 Å². The van der Waals surface area contributed by atoms with Crippen molar-refractivity contribution in [3.05, 3.63) is 22.7 Å². The van der Waals surface area contributed by atoms with Gasteiger partial charge in [-0.3, -0.25) is 4.79 Å². The summed E-state index contributed by atoms with van der Waals surface area (Å²) in [6.07, 6.45) is 0. The largest absolute Gasteiger partial charge is 0.454 e. The number of piperazine rings is 1. The number of hydrogen-bond acceptors (Lipinski definition) is 5. The highest BCUT2D eigenvalue weighted by atomic mass is 35.5. The molecule has 1 saturated heterocycles. The molecular formula is C16H22ClN3O5S. The third-order valence-electron chi connectivity index (χ3n) is 4.56. The van der Waals surface area contributed by atoms with Crippen LogP contribution in [0.25, 0.3) is 0 Å². The smallest absolute Gasteiger partial charge is 0.282 e. The third-order valence-corrected chi connectivity index (χ3v) is 7.03. The van der Waals surface area contributed by atoms with Gasteiger partial charge in [0.25, 0.3) is 16.1 Å². The van der Waals surface area contributed by atoms with Crippen molar-refractivity contribution in [1.29, 1.82) is 0 Å². The van der Waals surface area contributed by atoms with Crippen molar-refractivity contribution in [3.8, 4) is 11.5 Å². The summed E-state index contributed by atoms with van der Waals surface area (Å²) < 4.78 is 38.5. The van der Waals surface area contributed by atoms with Gasteiger partial charge < -0.3 is 14.4 Å². The third kappa shape index (κ3) is 3.48. The average Bonchev–Trinajstić information content (AvgIpc) is 3.11. The van der Waals surface area contributed by atoms with Crippen molar-refractivity contribution < 1.29 is 22.7 Å². The molecule has 8 nitrogen and oxygen atoms in total. The maximum absolute atomic E-state index is 12.7. The lowest BCUT2D eigenvalue weighted by molar-refractivity contribution is 0.0694. The lowest BCUT2D eigenvalue weighted by Gasteiger charge is -2.36. The number of carbonyl (C=O) groups is 1. The number of benzene rings is 1. The molecule has 0 radical (unpaired) electrons. The van der Waals surface area contributed by atoms with E-state index in [1.54, 1.807) is 17.0 Å². The molecule has 10 heteroatoms. The Balaban J connectivity index is 1.69. The number of rotatable bonds is 5. The fourth-order valence-electron chi connectivity index (χ4n) is 3.11. The number of carbonyl (C=O) groups excluding carboxylic acids is 1. The Hall–Kier alpha value is -1.55. The summed E-state index contributed by atoms with van der Waals surface area (Å²) in [6.45, 7) is 5.73. The van der Waals surface area contributed by atoms with Crippen LogP contribution in [0, 0.1) is 0 Å². The van der Waals surface area contributed by atoms with Crippen molar-refractivity contribution in [2.24, 2.45) is 0 Å². The van der Waals surface area contributed by atoms with Crippen LogP contribution in [-0.2, 0) is 10.2 Å². The fraction of sp³-hybridized carbons (Fsp3) is 0.562. The molecule has 2 aliphatic heterocycles. The van der Waals surface area contributed by atoms with Gasteiger partial charge in [0.2, 0.25) is 6.79 Å². The molecular weight excluding hydrogens is 382 g/mol.